The molecule has 1 atom stereocenters. The van der Waals surface area contributed by atoms with E-state index in [4.69, 9.17) is 4.42 Å². The first-order chi connectivity index (χ1) is 13.5. The van der Waals surface area contributed by atoms with Gasteiger partial charge in [0.05, 0.1) is 17.8 Å². The number of benzene rings is 2. The maximum atomic E-state index is 13.8. The van der Waals surface area contributed by atoms with Crippen LogP contribution in [-0.2, 0) is 11.2 Å². The third-order valence-corrected chi connectivity index (χ3v) is 4.54. The first kappa shape index (κ1) is 19.7. The number of rotatable bonds is 7. The van der Waals surface area contributed by atoms with Crippen LogP contribution in [0.25, 0.3) is 11.3 Å². The van der Waals surface area contributed by atoms with E-state index in [1.54, 1.807) is 0 Å². The number of halogens is 2. The lowest BCUT2D eigenvalue weighted by Gasteiger charge is -2.17. The largest absolute Gasteiger partial charge is 0.441 e. The number of hydrogen-bond acceptors (Lipinski definition) is 3. The summed E-state index contributed by atoms with van der Waals surface area (Å²) in [7, 11) is 0. The second kappa shape index (κ2) is 8.78. The topological polar surface area (TPSA) is 55.1 Å². The predicted octanol–water partition coefficient (Wildman–Crippen LogP) is 5.13. The molecule has 0 aliphatic heterocycles. The van der Waals surface area contributed by atoms with Crippen molar-refractivity contribution in [1.82, 2.24) is 10.3 Å². The van der Waals surface area contributed by atoms with Crippen LogP contribution in [0.4, 0.5) is 8.78 Å². The Bertz CT molecular complexity index is 951. The first-order valence-corrected chi connectivity index (χ1v) is 9.22. The van der Waals surface area contributed by atoms with Crippen molar-refractivity contribution in [2.45, 2.75) is 39.2 Å². The van der Waals surface area contributed by atoms with Gasteiger partial charge in [0.1, 0.15) is 11.6 Å². The summed E-state index contributed by atoms with van der Waals surface area (Å²) in [4.78, 5) is 16.4. The molecular formula is C22H22F2N2O2. The maximum Gasteiger partial charge on any atom is 0.220 e. The summed E-state index contributed by atoms with van der Waals surface area (Å²) < 4.78 is 32.4. The van der Waals surface area contributed by atoms with Crippen molar-refractivity contribution >= 4 is 5.91 Å². The lowest BCUT2D eigenvalue weighted by atomic mass is 10.0. The van der Waals surface area contributed by atoms with Crippen molar-refractivity contribution in [2.75, 3.05) is 0 Å². The molecule has 146 valence electrons. The van der Waals surface area contributed by atoms with Crippen molar-refractivity contribution in [3.8, 4) is 11.3 Å². The molecule has 1 aromatic heterocycles. The zero-order valence-electron chi connectivity index (χ0n) is 15.8. The molecule has 0 bridgehead atoms. The zero-order valence-corrected chi connectivity index (χ0v) is 15.8. The Morgan fingerprint density at radius 1 is 1.18 bits per heavy atom. The fraction of sp³-hybridized carbons (Fsp3) is 0.273. The second-order valence-electron chi connectivity index (χ2n) is 6.68. The van der Waals surface area contributed by atoms with E-state index in [0.29, 0.717) is 12.3 Å². The molecular weight excluding hydrogens is 362 g/mol. The quantitative estimate of drug-likeness (QED) is 0.614. The average Bonchev–Trinajstić information content (AvgIpc) is 3.14. The molecule has 4 nitrogen and oxygen atoms in total. The fourth-order valence-corrected chi connectivity index (χ4v) is 2.95. The van der Waals surface area contributed by atoms with Gasteiger partial charge in [-0.15, -0.1) is 0 Å². The van der Waals surface area contributed by atoms with Crippen LogP contribution in [0.15, 0.2) is 53.1 Å². The lowest BCUT2D eigenvalue weighted by molar-refractivity contribution is -0.121. The van der Waals surface area contributed by atoms with Crippen molar-refractivity contribution in [3.05, 3.63) is 77.3 Å². The molecule has 1 amide bonds. The van der Waals surface area contributed by atoms with Gasteiger partial charge >= 0.3 is 0 Å². The predicted molar refractivity (Wildman–Crippen MR) is 103 cm³/mol. The minimum absolute atomic E-state index is 0.0541. The number of aromatic nitrogens is 1. The number of carbonyl (C=O) groups is 1. The number of amides is 1. The van der Waals surface area contributed by atoms with Crippen molar-refractivity contribution < 1.29 is 18.0 Å². The van der Waals surface area contributed by atoms with Gasteiger partial charge in [0, 0.05) is 18.9 Å². The molecule has 0 aliphatic carbocycles. The van der Waals surface area contributed by atoms with E-state index in [1.165, 1.54) is 17.8 Å². The molecule has 0 spiro atoms. The summed E-state index contributed by atoms with van der Waals surface area (Å²) in [5.41, 5.74) is 2.36. The smallest absolute Gasteiger partial charge is 0.220 e. The van der Waals surface area contributed by atoms with E-state index in [2.05, 4.69) is 10.3 Å². The highest BCUT2D eigenvalue weighted by Gasteiger charge is 2.15. The van der Waals surface area contributed by atoms with E-state index in [-0.39, 0.29) is 29.7 Å². The summed E-state index contributed by atoms with van der Waals surface area (Å²) >= 11 is 0. The third kappa shape index (κ3) is 4.82. The number of oxazole rings is 1. The molecule has 0 aliphatic rings. The van der Waals surface area contributed by atoms with Gasteiger partial charge in [-0.2, -0.15) is 0 Å². The molecule has 0 saturated heterocycles. The normalized spacial score (nSPS) is 12.0. The van der Waals surface area contributed by atoms with Gasteiger partial charge in [-0.05, 0) is 31.0 Å². The molecule has 2 aromatic carbocycles. The standard InChI is InChI=1S/C22H22F2N2O2/c1-3-19(15-6-4-14(2)5-7-15)26-21(27)10-11-22-25-13-20(28-22)17-9-8-16(23)12-18(17)24/h4-9,12-13,19H,3,10-11H2,1-2H3,(H,26,27)/t19-/m1/s1. The fourth-order valence-electron chi connectivity index (χ4n) is 2.95. The summed E-state index contributed by atoms with van der Waals surface area (Å²) in [6.07, 6.45) is 2.65. The second-order valence-corrected chi connectivity index (χ2v) is 6.68. The van der Waals surface area contributed by atoms with E-state index < -0.39 is 11.6 Å². The van der Waals surface area contributed by atoms with Crippen LogP contribution < -0.4 is 5.32 Å². The SMILES string of the molecule is CC[C@@H](NC(=O)CCc1ncc(-c2ccc(F)cc2F)o1)c1ccc(C)cc1. The summed E-state index contributed by atoms with van der Waals surface area (Å²) in [6, 6.07) is 11.3. The van der Waals surface area contributed by atoms with Crippen LogP contribution >= 0.6 is 0 Å². The molecule has 0 unspecified atom stereocenters. The molecule has 0 radical (unpaired) electrons. The zero-order chi connectivity index (χ0) is 20.1. The molecule has 28 heavy (non-hydrogen) atoms. The molecule has 6 heteroatoms. The van der Waals surface area contributed by atoms with Gasteiger partial charge in [0.2, 0.25) is 5.91 Å². The molecule has 0 saturated carbocycles. The van der Waals surface area contributed by atoms with Gasteiger partial charge in [0.25, 0.3) is 0 Å². The third-order valence-electron chi connectivity index (χ3n) is 4.54. The van der Waals surface area contributed by atoms with Crippen molar-refractivity contribution in [2.24, 2.45) is 0 Å². The summed E-state index contributed by atoms with van der Waals surface area (Å²) in [5.74, 6) is -0.947. The van der Waals surface area contributed by atoms with Gasteiger partial charge in [-0.3, -0.25) is 4.79 Å². The number of nitrogens with one attached hydrogen (secondary N) is 1. The van der Waals surface area contributed by atoms with Crippen molar-refractivity contribution in [3.63, 3.8) is 0 Å². The minimum Gasteiger partial charge on any atom is -0.441 e. The maximum absolute atomic E-state index is 13.8. The Morgan fingerprint density at radius 3 is 2.61 bits per heavy atom. The number of hydrogen-bond donors (Lipinski definition) is 1. The highest BCUT2D eigenvalue weighted by Crippen LogP contribution is 2.24. The summed E-state index contributed by atoms with van der Waals surface area (Å²) in [6.45, 7) is 4.04. The van der Waals surface area contributed by atoms with Crippen LogP contribution in [0.1, 0.15) is 42.8 Å². The number of carbonyl (C=O) groups excluding carboxylic acids is 1. The van der Waals surface area contributed by atoms with Gasteiger partial charge in [-0.25, -0.2) is 13.8 Å². The Kier molecular flexibility index (Phi) is 6.19. The van der Waals surface area contributed by atoms with E-state index in [1.807, 2.05) is 38.1 Å². The average molecular weight is 384 g/mol. The molecule has 3 aromatic rings. The molecule has 1 N–H and O–H groups in total. The Balaban J connectivity index is 1.58. The molecule has 3 rings (SSSR count). The highest BCUT2D eigenvalue weighted by atomic mass is 19.1. The van der Waals surface area contributed by atoms with Crippen molar-refractivity contribution in [1.29, 1.82) is 0 Å². The molecule has 0 fully saturated rings. The van der Waals surface area contributed by atoms with E-state index >= 15 is 0 Å². The minimum atomic E-state index is -0.718. The number of aryl methyl sites for hydroxylation is 2. The van der Waals surface area contributed by atoms with Crippen LogP contribution in [0.2, 0.25) is 0 Å². The van der Waals surface area contributed by atoms with E-state index in [0.717, 1.165) is 24.1 Å². The first-order valence-electron chi connectivity index (χ1n) is 9.22. The van der Waals surface area contributed by atoms with Gasteiger partial charge in [-0.1, -0.05) is 36.8 Å². The number of nitrogens with zero attached hydrogens (tertiary/aromatic N) is 1. The van der Waals surface area contributed by atoms with Crippen LogP contribution in [0, 0.1) is 18.6 Å². The van der Waals surface area contributed by atoms with Crippen LogP contribution in [0.5, 0.6) is 0 Å². The molecule has 1 heterocycles. The Morgan fingerprint density at radius 2 is 1.93 bits per heavy atom. The Hall–Kier alpha value is -3.02. The Labute approximate surface area is 162 Å². The lowest BCUT2D eigenvalue weighted by Crippen LogP contribution is -2.28. The highest BCUT2D eigenvalue weighted by molar-refractivity contribution is 5.76. The van der Waals surface area contributed by atoms with Gasteiger partial charge < -0.3 is 9.73 Å². The summed E-state index contributed by atoms with van der Waals surface area (Å²) in [5, 5.41) is 3.02. The van der Waals surface area contributed by atoms with Gasteiger partial charge in [0.15, 0.2) is 11.7 Å². The van der Waals surface area contributed by atoms with E-state index in [9.17, 15) is 13.6 Å². The van der Waals surface area contributed by atoms with Crippen LogP contribution in [-0.4, -0.2) is 10.9 Å². The van der Waals surface area contributed by atoms with Crippen LogP contribution in [0.3, 0.4) is 0 Å². The monoisotopic (exact) mass is 384 g/mol.